The molecule has 2 rings (SSSR count). The molecule has 23 heavy (non-hydrogen) atoms. The van der Waals surface area contributed by atoms with Crippen LogP contribution in [0.2, 0.25) is 0 Å². The molecule has 1 heterocycles. The molecular formula is C18H28N2O3. The summed E-state index contributed by atoms with van der Waals surface area (Å²) >= 11 is 0. The molecule has 5 heteroatoms. The molecule has 1 atom stereocenters. The van der Waals surface area contributed by atoms with E-state index in [1.165, 1.54) is 0 Å². The molecule has 0 aromatic heterocycles. The lowest BCUT2D eigenvalue weighted by atomic mass is 9.90. The summed E-state index contributed by atoms with van der Waals surface area (Å²) in [5, 5.41) is 0. The monoisotopic (exact) mass is 320 g/mol. The predicted octanol–water partition coefficient (Wildman–Crippen LogP) is 2.69. The summed E-state index contributed by atoms with van der Waals surface area (Å²) < 4.78 is 11.1. The highest BCUT2D eigenvalue weighted by molar-refractivity contribution is 5.95. The van der Waals surface area contributed by atoms with Crippen LogP contribution in [0.15, 0.2) is 18.2 Å². The molecule has 1 fully saturated rings. The van der Waals surface area contributed by atoms with Gasteiger partial charge < -0.3 is 20.1 Å². The molecule has 1 aromatic carbocycles. The Morgan fingerprint density at radius 2 is 2.17 bits per heavy atom. The van der Waals surface area contributed by atoms with E-state index in [2.05, 4.69) is 13.8 Å². The number of ether oxygens (including phenoxy) is 2. The van der Waals surface area contributed by atoms with E-state index in [4.69, 9.17) is 15.2 Å². The van der Waals surface area contributed by atoms with Crippen molar-refractivity contribution in [1.29, 1.82) is 0 Å². The van der Waals surface area contributed by atoms with Crippen LogP contribution in [0.25, 0.3) is 0 Å². The zero-order valence-corrected chi connectivity index (χ0v) is 14.4. The second-order valence-electron chi connectivity index (χ2n) is 6.56. The molecule has 1 aliphatic rings. The van der Waals surface area contributed by atoms with Gasteiger partial charge in [0.05, 0.1) is 13.7 Å². The van der Waals surface area contributed by atoms with Gasteiger partial charge in [0.25, 0.3) is 5.91 Å². The second kappa shape index (κ2) is 7.68. The highest BCUT2D eigenvalue weighted by Gasteiger charge is 2.35. The van der Waals surface area contributed by atoms with Crippen molar-refractivity contribution in [2.75, 3.05) is 33.4 Å². The maximum Gasteiger partial charge on any atom is 0.254 e. The number of nitrogens with two attached hydrogens (primary N) is 1. The van der Waals surface area contributed by atoms with Gasteiger partial charge in [0, 0.05) is 18.7 Å². The third-order valence-corrected chi connectivity index (χ3v) is 4.50. The van der Waals surface area contributed by atoms with E-state index in [1.807, 2.05) is 17.0 Å². The Hall–Kier alpha value is -1.75. The smallest absolute Gasteiger partial charge is 0.254 e. The van der Waals surface area contributed by atoms with E-state index in [-0.39, 0.29) is 11.3 Å². The van der Waals surface area contributed by atoms with E-state index >= 15 is 0 Å². The minimum absolute atomic E-state index is 0.0283. The van der Waals surface area contributed by atoms with Crippen LogP contribution in [-0.4, -0.2) is 44.2 Å². The minimum atomic E-state index is 0.0283. The number of carbonyl (C=O) groups excluding carboxylic acids is 1. The van der Waals surface area contributed by atoms with Gasteiger partial charge in [-0.15, -0.1) is 0 Å². The lowest BCUT2D eigenvalue weighted by Crippen LogP contribution is -2.34. The summed E-state index contributed by atoms with van der Waals surface area (Å²) in [5.74, 6) is 1.32. The van der Waals surface area contributed by atoms with Crippen LogP contribution in [0, 0.1) is 5.41 Å². The van der Waals surface area contributed by atoms with Gasteiger partial charge >= 0.3 is 0 Å². The van der Waals surface area contributed by atoms with E-state index < -0.39 is 0 Å². The average molecular weight is 320 g/mol. The zero-order valence-electron chi connectivity index (χ0n) is 14.4. The summed E-state index contributed by atoms with van der Waals surface area (Å²) in [6.45, 7) is 6.97. The number of unbranched alkanes of at least 4 members (excludes halogenated alkanes) is 1. The number of amides is 1. The van der Waals surface area contributed by atoms with Crippen LogP contribution >= 0.6 is 0 Å². The third kappa shape index (κ3) is 4.16. The van der Waals surface area contributed by atoms with Crippen molar-refractivity contribution in [2.45, 2.75) is 33.1 Å². The molecular weight excluding hydrogens is 292 g/mol. The van der Waals surface area contributed by atoms with Crippen molar-refractivity contribution in [3.05, 3.63) is 23.8 Å². The summed E-state index contributed by atoms with van der Waals surface area (Å²) in [4.78, 5) is 14.6. The molecule has 0 radical (unpaired) electrons. The fraction of sp³-hybridized carbons (Fsp3) is 0.611. The minimum Gasteiger partial charge on any atom is -0.493 e. The summed E-state index contributed by atoms with van der Waals surface area (Å²) in [6, 6.07) is 5.39. The first-order valence-electron chi connectivity index (χ1n) is 8.33. The molecule has 0 spiro atoms. The largest absolute Gasteiger partial charge is 0.493 e. The molecule has 0 aliphatic carbocycles. The van der Waals surface area contributed by atoms with E-state index in [0.717, 1.165) is 25.8 Å². The molecule has 1 unspecified atom stereocenters. The van der Waals surface area contributed by atoms with Crippen molar-refractivity contribution in [2.24, 2.45) is 11.1 Å². The van der Waals surface area contributed by atoms with Crippen molar-refractivity contribution in [3.8, 4) is 11.5 Å². The molecule has 1 amide bonds. The van der Waals surface area contributed by atoms with Crippen LogP contribution in [0.5, 0.6) is 11.5 Å². The Labute approximate surface area is 138 Å². The van der Waals surface area contributed by atoms with Crippen LogP contribution < -0.4 is 15.2 Å². The summed E-state index contributed by atoms with van der Waals surface area (Å²) in [5.41, 5.74) is 6.48. The molecule has 2 N–H and O–H groups in total. The maximum atomic E-state index is 12.7. The SMILES string of the molecule is CCCCOc1ccc(C(=O)N2CCC(C)(CN)C2)cc1OC. The second-order valence-corrected chi connectivity index (χ2v) is 6.56. The fourth-order valence-electron chi connectivity index (χ4n) is 2.79. The van der Waals surface area contributed by atoms with Gasteiger partial charge in [-0.1, -0.05) is 20.3 Å². The number of hydrogen-bond donors (Lipinski definition) is 1. The highest BCUT2D eigenvalue weighted by Crippen LogP contribution is 2.32. The van der Waals surface area contributed by atoms with E-state index in [0.29, 0.717) is 36.8 Å². The standard InChI is InChI=1S/C18H28N2O3/c1-4-5-10-23-15-7-6-14(11-16(15)22-3)17(21)20-9-8-18(2,12-19)13-20/h6-7,11H,4-5,8-10,12-13,19H2,1-3H3. The number of nitrogens with zero attached hydrogens (tertiary/aromatic N) is 1. The van der Waals surface area contributed by atoms with Gasteiger partial charge in [0.2, 0.25) is 0 Å². The van der Waals surface area contributed by atoms with E-state index in [1.54, 1.807) is 13.2 Å². The Kier molecular flexibility index (Phi) is 5.88. The topological polar surface area (TPSA) is 64.8 Å². The van der Waals surface area contributed by atoms with Gasteiger partial charge in [-0.25, -0.2) is 0 Å². The number of methoxy groups -OCH3 is 1. The molecule has 1 saturated heterocycles. The first-order valence-corrected chi connectivity index (χ1v) is 8.33. The number of hydrogen-bond acceptors (Lipinski definition) is 4. The van der Waals surface area contributed by atoms with E-state index in [9.17, 15) is 4.79 Å². The number of benzene rings is 1. The van der Waals surface area contributed by atoms with Gasteiger partial charge in [-0.3, -0.25) is 4.79 Å². The first-order chi connectivity index (χ1) is 11.0. The van der Waals surface area contributed by atoms with Gasteiger partial charge in [0.1, 0.15) is 0 Å². The lowest BCUT2D eigenvalue weighted by molar-refractivity contribution is 0.0776. The summed E-state index contributed by atoms with van der Waals surface area (Å²) in [6.07, 6.45) is 3.02. The van der Waals surface area contributed by atoms with Crippen LogP contribution in [-0.2, 0) is 0 Å². The Balaban J connectivity index is 2.09. The van der Waals surface area contributed by atoms with Crippen molar-refractivity contribution in [1.82, 2.24) is 4.90 Å². The molecule has 5 nitrogen and oxygen atoms in total. The van der Waals surface area contributed by atoms with Gasteiger partial charge in [-0.05, 0) is 43.0 Å². The molecule has 0 saturated carbocycles. The Bertz CT molecular complexity index is 547. The molecule has 128 valence electrons. The number of likely N-dealkylation sites (tertiary alicyclic amines) is 1. The summed E-state index contributed by atoms with van der Waals surface area (Å²) in [7, 11) is 1.59. The Morgan fingerprint density at radius 1 is 1.39 bits per heavy atom. The lowest BCUT2D eigenvalue weighted by Gasteiger charge is -2.22. The van der Waals surface area contributed by atoms with Crippen molar-refractivity contribution < 1.29 is 14.3 Å². The normalized spacial score (nSPS) is 20.6. The number of carbonyl (C=O) groups is 1. The van der Waals surface area contributed by atoms with Crippen molar-refractivity contribution >= 4 is 5.91 Å². The third-order valence-electron chi connectivity index (χ3n) is 4.50. The van der Waals surface area contributed by atoms with Crippen LogP contribution in [0.1, 0.15) is 43.5 Å². The quantitative estimate of drug-likeness (QED) is 0.785. The first kappa shape index (κ1) is 17.6. The molecule has 1 aromatic rings. The number of rotatable bonds is 7. The average Bonchev–Trinajstić information content (AvgIpc) is 2.97. The van der Waals surface area contributed by atoms with Gasteiger partial charge in [-0.2, -0.15) is 0 Å². The molecule has 0 bridgehead atoms. The zero-order chi connectivity index (χ0) is 16.9. The fourth-order valence-corrected chi connectivity index (χ4v) is 2.79. The van der Waals surface area contributed by atoms with Gasteiger partial charge in [0.15, 0.2) is 11.5 Å². The predicted molar refractivity (Wildman–Crippen MR) is 91.1 cm³/mol. The van der Waals surface area contributed by atoms with Crippen molar-refractivity contribution in [3.63, 3.8) is 0 Å². The maximum absolute atomic E-state index is 12.7. The van der Waals surface area contributed by atoms with Crippen LogP contribution in [0.3, 0.4) is 0 Å². The highest BCUT2D eigenvalue weighted by atomic mass is 16.5. The Morgan fingerprint density at radius 3 is 2.78 bits per heavy atom. The van der Waals surface area contributed by atoms with Crippen LogP contribution in [0.4, 0.5) is 0 Å². The molecule has 1 aliphatic heterocycles.